The third kappa shape index (κ3) is 4.92. The van der Waals surface area contributed by atoms with Gasteiger partial charge in [-0.3, -0.25) is 14.5 Å². The summed E-state index contributed by atoms with van der Waals surface area (Å²) in [7, 11) is 1.69. The largest absolute Gasteiger partial charge is 0.497 e. The van der Waals surface area contributed by atoms with E-state index in [2.05, 4.69) is 22.3 Å². The average Bonchev–Trinajstić information content (AvgIpc) is 3.48. The first-order valence-electron chi connectivity index (χ1n) is 11.1. The zero-order chi connectivity index (χ0) is 20.2. The molecule has 0 bridgehead atoms. The minimum absolute atomic E-state index is 0.0165. The quantitative estimate of drug-likeness (QED) is 0.766. The lowest BCUT2D eigenvalue weighted by Crippen LogP contribution is -2.45. The molecule has 1 aromatic carbocycles. The van der Waals surface area contributed by atoms with Crippen LogP contribution in [0.1, 0.15) is 50.1 Å². The molecule has 0 aromatic heterocycles. The van der Waals surface area contributed by atoms with Crippen LogP contribution in [-0.2, 0) is 9.59 Å². The summed E-state index contributed by atoms with van der Waals surface area (Å²) in [5, 5.41) is 3.22. The third-order valence-corrected chi connectivity index (χ3v) is 6.63. The van der Waals surface area contributed by atoms with Crippen LogP contribution in [0.2, 0.25) is 0 Å². The van der Waals surface area contributed by atoms with Crippen molar-refractivity contribution < 1.29 is 14.3 Å². The van der Waals surface area contributed by atoms with Crippen molar-refractivity contribution in [2.24, 2.45) is 11.8 Å². The van der Waals surface area contributed by atoms with Gasteiger partial charge in [-0.05, 0) is 69.3 Å². The van der Waals surface area contributed by atoms with E-state index >= 15 is 0 Å². The van der Waals surface area contributed by atoms with E-state index in [9.17, 15) is 9.59 Å². The second kappa shape index (κ2) is 9.16. The number of carbonyl (C=O) groups is 2. The van der Waals surface area contributed by atoms with E-state index in [-0.39, 0.29) is 23.8 Å². The first-order chi connectivity index (χ1) is 14.2. The van der Waals surface area contributed by atoms with Crippen molar-refractivity contribution in [2.45, 2.75) is 44.6 Å². The summed E-state index contributed by atoms with van der Waals surface area (Å²) in [5.41, 5.74) is 1.19. The Balaban J connectivity index is 1.33. The van der Waals surface area contributed by atoms with Crippen molar-refractivity contribution >= 4 is 11.8 Å². The summed E-state index contributed by atoms with van der Waals surface area (Å²) >= 11 is 0. The Kier molecular flexibility index (Phi) is 6.38. The summed E-state index contributed by atoms with van der Waals surface area (Å²) in [4.78, 5) is 29.5. The van der Waals surface area contributed by atoms with Crippen LogP contribution in [0.5, 0.6) is 5.75 Å². The van der Waals surface area contributed by atoms with E-state index in [1.165, 1.54) is 18.4 Å². The molecule has 2 saturated heterocycles. The second-order valence-electron chi connectivity index (χ2n) is 8.65. The van der Waals surface area contributed by atoms with Crippen molar-refractivity contribution in [3.63, 3.8) is 0 Å². The van der Waals surface area contributed by atoms with Crippen molar-refractivity contribution in [1.29, 1.82) is 0 Å². The molecule has 0 radical (unpaired) electrons. The molecule has 1 saturated carbocycles. The number of rotatable bonds is 7. The molecule has 1 atom stereocenters. The zero-order valence-corrected chi connectivity index (χ0v) is 17.4. The highest BCUT2D eigenvalue weighted by molar-refractivity contribution is 5.82. The molecular weight excluding hydrogens is 366 g/mol. The smallest absolute Gasteiger partial charge is 0.225 e. The van der Waals surface area contributed by atoms with Gasteiger partial charge < -0.3 is 15.0 Å². The first-order valence-corrected chi connectivity index (χ1v) is 11.1. The lowest BCUT2D eigenvalue weighted by atomic mass is 9.95. The van der Waals surface area contributed by atoms with Crippen molar-refractivity contribution in [3.8, 4) is 5.75 Å². The first kappa shape index (κ1) is 20.2. The third-order valence-electron chi connectivity index (χ3n) is 6.63. The van der Waals surface area contributed by atoms with E-state index in [4.69, 9.17) is 4.74 Å². The topological polar surface area (TPSA) is 61.9 Å². The predicted molar refractivity (Wildman–Crippen MR) is 112 cm³/mol. The van der Waals surface area contributed by atoms with E-state index in [0.29, 0.717) is 12.5 Å². The maximum atomic E-state index is 12.8. The maximum absolute atomic E-state index is 12.8. The van der Waals surface area contributed by atoms with Crippen molar-refractivity contribution in [3.05, 3.63) is 29.8 Å². The van der Waals surface area contributed by atoms with Gasteiger partial charge in [0, 0.05) is 31.5 Å². The fourth-order valence-corrected chi connectivity index (χ4v) is 4.65. The molecule has 3 fully saturated rings. The van der Waals surface area contributed by atoms with Gasteiger partial charge in [-0.15, -0.1) is 0 Å². The van der Waals surface area contributed by atoms with Crippen LogP contribution in [-0.4, -0.2) is 61.4 Å². The average molecular weight is 400 g/mol. The number of nitrogens with one attached hydrogen (secondary N) is 1. The minimum atomic E-state index is 0.0165. The Bertz CT molecular complexity index is 720. The van der Waals surface area contributed by atoms with Crippen molar-refractivity contribution in [2.75, 3.05) is 39.8 Å². The molecule has 6 heteroatoms. The SMILES string of the molecule is COc1cccc([C@@H](CNC(=O)C2CCN(C(=O)C3CC3)CC2)N2CCCC2)c1. The number of hydrogen-bond acceptors (Lipinski definition) is 4. The second-order valence-corrected chi connectivity index (χ2v) is 8.65. The van der Waals surface area contributed by atoms with Gasteiger partial charge in [-0.2, -0.15) is 0 Å². The fourth-order valence-electron chi connectivity index (χ4n) is 4.65. The Hall–Kier alpha value is -2.08. The Morgan fingerprint density at radius 1 is 1.07 bits per heavy atom. The molecule has 3 aliphatic rings. The number of hydrogen-bond donors (Lipinski definition) is 1. The maximum Gasteiger partial charge on any atom is 0.225 e. The number of piperidine rings is 1. The molecule has 0 spiro atoms. The van der Waals surface area contributed by atoms with Crippen LogP contribution < -0.4 is 10.1 Å². The van der Waals surface area contributed by atoms with E-state index in [1.807, 2.05) is 17.0 Å². The number of amides is 2. The van der Waals surface area contributed by atoms with Gasteiger partial charge in [0.2, 0.25) is 11.8 Å². The van der Waals surface area contributed by atoms with E-state index in [1.54, 1.807) is 7.11 Å². The highest BCUT2D eigenvalue weighted by Gasteiger charge is 2.36. The van der Waals surface area contributed by atoms with Crippen LogP contribution in [0.3, 0.4) is 0 Å². The van der Waals surface area contributed by atoms with Gasteiger partial charge >= 0.3 is 0 Å². The molecule has 158 valence electrons. The Labute approximate surface area is 173 Å². The molecular formula is C23H33N3O3. The summed E-state index contributed by atoms with van der Waals surface area (Å²) in [6.45, 7) is 4.20. The number of ether oxygens (including phenoxy) is 1. The number of nitrogens with zero attached hydrogens (tertiary/aromatic N) is 2. The molecule has 1 aliphatic carbocycles. The molecule has 29 heavy (non-hydrogen) atoms. The van der Waals surface area contributed by atoms with E-state index < -0.39 is 0 Å². The standard InChI is InChI=1S/C23H33N3O3/c1-29-20-6-4-5-19(15-20)21(25-11-2-3-12-25)16-24-22(27)17-9-13-26(14-10-17)23(28)18-7-8-18/h4-6,15,17-18,21H,2-3,7-14,16H2,1H3,(H,24,27)/t21-/m1/s1. The Morgan fingerprint density at radius 2 is 1.79 bits per heavy atom. The summed E-state index contributed by atoms with van der Waals surface area (Å²) in [6.07, 6.45) is 6.06. The molecule has 1 aromatic rings. The summed E-state index contributed by atoms with van der Waals surface area (Å²) < 4.78 is 5.40. The monoisotopic (exact) mass is 399 g/mol. The molecule has 1 N–H and O–H groups in total. The normalized spacial score (nSPS) is 21.8. The molecule has 0 unspecified atom stereocenters. The number of methoxy groups -OCH3 is 1. The van der Waals surface area contributed by atoms with Crippen LogP contribution in [0, 0.1) is 11.8 Å². The highest BCUT2D eigenvalue weighted by atomic mass is 16.5. The summed E-state index contributed by atoms with van der Waals surface area (Å²) in [5.74, 6) is 1.57. The molecule has 2 amide bonds. The summed E-state index contributed by atoms with van der Waals surface area (Å²) in [6, 6.07) is 8.36. The van der Waals surface area contributed by atoms with Crippen LogP contribution in [0.25, 0.3) is 0 Å². The van der Waals surface area contributed by atoms with Gasteiger partial charge in [0.25, 0.3) is 0 Å². The lowest BCUT2D eigenvalue weighted by Gasteiger charge is -2.33. The van der Waals surface area contributed by atoms with Gasteiger partial charge in [-0.1, -0.05) is 12.1 Å². The van der Waals surface area contributed by atoms with Crippen LogP contribution in [0.4, 0.5) is 0 Å². The van der Waals surface area contributed by atoms with Crippen molar-refractivity contribution in [1.82, 2.24) is 15.1 Å². The van der Waals surface area contributed by atoms with Crippen LogP contribution >= 0.6 is 0 Å². The minimum Gasteiger partial charge on any atom is -0.497 e. The molecule has 2 heterocycles. The Morgan fingerprint density at radius 3 is 2.45 bits per heavy atom. The van der Waals surface area contributed by atoms with Gasteiger partial charge in [0.05, 0.1) is 13.2 Å². The lowest BCUT2D eigenvalue weighted by molar-refractivity contribution is -0.136. The van der Waals surface area contributed by atoms with Crippen LogP contribution in [0.15, 0.2) is 24.3 Å². The van der Waals surface area contributed by atoms with Gasteiger partial charge in [0.15, 0.2) is 0 Å². The zero-order valence-electron chi connectivity index (χ0n) is 17.4. The number of carbonyl (C=O) groups excluding carboxylic acids is 2. The van der Waals surface area contributed by atoms with Gasteiger partial charge in [-0.25, -0.2) is 0 Å². The highest BCUT2D eigenvalue weighted by Crippen LogP contribution is 2.32. The van der Waals surface area contributed by atoms with E-state index in [0.717, 1.165) is 57.6 Å². The van der Waals surface area contributed by atoms with Gasteiger partial charge in [0.1, 0.15) is 5.75 Å². The predicted octanol–water partition coefficient (Wildman–Crippen LogP) is 2.60. The molecule has 6 nitrogen and oxygen atoms in total. The fraction of sp³-hybridized carbons (Fsp3) is 0.652. The molecule has 4 rings (SSSR count). The number of benzene rings is 1. The molecule has 2 aliphatic heterocycles. The number of likely N-dealkylation sites (tertiary alicyclic amines) is 2.